The molecule has 1 aromatic carbocycles. The minimum atomic E-state index is -0.173. The van der Waals surface area contributed by atoms with Crippen LogP contribution >= 0.6 is 0 Å². The first kappa shape index (κ1) is 18.0. The summed E-state index contributed by atoms with van der Waals surface area (Å²) in [5, 5.41) is 0. The van der Waals surface area contributed by atoms with E-state index in [0.717, 1.165) is 5.56 Å². The summed E-state index contributed by atoms with van der Waals surface area (Å²) in [6, 6.07) is 9.92. The normalized spacial score (nSPS) is 16.5. The number of nitrogens with zero attached hydrogens (tertiary/aromatic N) is 4. The van der Waals surface area contributed by atoms with Crippen molar-refractivity contribution >= 4 is 11.8 Å². The number of hydrogen-bond acceptors (Lipinski definition) is 6. The molecule has 144 valence electrons. The summed E-state index contributed by atoms with van der Waals surface area (Å²) in [5.74, 6) is -0.0703. The predicted octanol–water partition coefficient (Wildman–Crippen LogP) is 2.21. The van der Waals surface area contributed by atoms with Crippen LogP contribution in [0.1, 0.15) is 29.3 Å². The van der Waals surface area contributed by atoms with E-state index in [1.807, 2.05) is 30.3 Å². The van der Waals surface area contributed by atoms with Gasteiger partial charge in [-0.25, -0.2) is 9.97 Å². The molecule has 4 rings (SSSR count). The highest BCUT2D eigenvalue weighted by Crippen LogP contribution is 2.28. The smallest absolute Gasteiger partial charge is 0.242 e. The van der Waals surface area contributed by atoms with Crippen LogP contribution < -0.4 is 0 Å². The first-order chi connectivity index (χ1) is 13.7. The number of oxazole rings is 2. The summed E-state index contributed by atoms with van der Waals surface area (Å²) in [4.78, 5) is 36.8. The monoisotopic (exact) mass is 380 g/mol. The highest BCUT2D eigenvalue weighted by Gasteiger charge is 2.32. The van der Waals surface area contributed by atoms with Gasteiger partial charge in [-0.3, -0.25) is 9.59 Å². The summed E-state index contributed by atoms with van der Waals surface area (Å²) in [6.07, 6.45) is 6.06. The Morgan fingerprint density at radius 2 is 1.71 bits per heavy atom. The zero-order chi connectivity index (χ0) is 19.3. The summed E-state index contributed by atoms with van der Waals surface area (Å²) < 4.78 is 9.99. The summed E-state index contributed by atoms with van der Waals surface area (Å²) in [5.41, 5.74) is 2.38. The van der Waals surface area contributed by atoms with Gasteiger partial charge in [-0.2, -0.15) is 0 Å². The molecule has 2 amide bonds. The van der Waals surface area contributed by atoms with Gasteiger partial charge in [0, 0.05) is 18.9 Å². The molecular formula is C20H20N4O4. The Balaban J connectivity index is 1.43. The number of benzene rings is 1. The lowest BCUT2D eigenvalue weighted by molar-refractivity contribution is -0.139. The van der Waals surface area contributed by atoms with Crippen molar-refractivity contribution in [1.82, 2.24) is 19.8 Å². The van der Waals surface area contributed by atoms with Crippen LogP contribution in [0.25, 0.3) is 0 Å². The van der Waals surface area contributed by atoms with Crippen molar-refractivity contribution in [2.45, 2.75) is 25.4 Å². The minimum Gasteiger partial charge on any atom is -0.451 e. The van der Waals surface area contributed by atoms with Gasteiger partial charge in [0.25, 0.3) is 0 Å². The highest BCUT2D eigenvalue weighted by atomic mass is 16.3. The maximum Gasteiger partial charge on any atom is 0.242 e. The topological polar surface area (TPSA) is 92.7 Å². The maximum absolute atomic E-state index is 13.0. The lowest BCUT2D eigenvalue weighted by Crippen LogP contribution is -2.40. The second-order valence-corrected chi connectivity index (χ2v) is 6.80. The average molecular weight is 380 g/mol. The zero-order valence-corrected chi connectivity index (χ0v) is 15.2. The van der Waals surface area contributed by atoms with E-state index in [4.69, 9.17) is 8.83 Å². The molecule has 8 nitrogen and oxygen atoms in total. The second kappa shape index (κ2) is 8.08. The van der Waals surface area contributed by atoms with Gasteiger partial charge in [-0.05, 0) is 5.56 Å². The molecule has 0 radical (unpaired) electrons. The molecule has 0 spiro atoms. The number of carbonyl (C=O) groups excluding carboxylic acids is 2. The Bertz CT molecular complexity index is 873. The Labute approximate surface area is 161 Å². The fraction of sp³-hybridized carbons (Fsp3) is 0.300. The SMILES string of the molecule is O=C(CN1C[C@@H](c2ccccc2)CC1=O)N(Cc1cocn1)Cc1cocn1. The molecule has 1 fully saturated rings. The van der Waals surface area contributed by atoms with Crippen LogP contribution in [0.2, 0.25) is 0 Å². The van der Waals surface area contributed by atoms with E-state index in [9.17, 15) is 9.59 Å². The van der Waals surface area contributed by atoms with Gasteiger partial charge in [0.15, 0.2) is 12.8 Å². The van der Waals surface area contributed by atoms with Crippen LogP contribution in [0.5, 0.6) is 0 Å². The van der Waals surface area contributed by atoms with Crippen molar-refractivity contribution in [2.24, 2.45) is 0 Å². The first-order valence-electron chi connectivity index (χ1n) is 9.03. The largest absolute Gasteiger partial charge is 0.451 e. The predicted molar refractivity (Wildman–Crippen MR) is 97.6 cm³/mol. The molecule has 3 aromatic rings. The molecule has 0 unspecified atom stereocenters. The van der Waals surface area contributed by atoms with Crippen molar-refractivity contribution < 1.29 is 18.4 Å². The highest BCUT2D eigenvalue weighted by molar-refractivity contribution is 5.86. The standard InChI is InChI=1S/C20H20N4O4/c25-19-6-16(15-4-2-1-3-5-15)7-23(19)10-20(26)24(8-17-11-27-13-21-17)9-18-12-28-14-22-18/h1-5,11-14,16H,6-10H2/t16-/m0/s1. The fourth-order valence-electron chi connectivity index (χ4n) is 3.39. The molecule has 0 aliphatic carbocycles. The Morgan fingerprint density at radius 3 is 2.29 bits per heavy atom. The van der Waals surface area contributed by atoms with Gasteiger partial charge in [-0.1, -0.05) is 30.3 Å². The van der Waals surface area contributed by atoms with Crippen LogP contribution in [0.15, 0.2) is 64.5 Å². The Kier molecular flexibility index (Phi) is 5.18. The minimum absolute atomic E-state index is 0.00924. The summed E-state index contributed by atoms with van der Waals surface area (Å²) >= 11 is 0. The third-order valence-corrected chi connectivity index (χ3v) is 4.84. The van der Waals surface area contributed by atoms with E-state index < -0.39 is 0 Å². The van der Waals surface area contributed by atoms with E-state index in [1.165, 1.54) is 25.3 Å². The molecule has 2 aromatic heterocycles. The van der Waals surface area contributed by atoms with Gasteiger partial charge >= 0.3 is 0 Å². The molecule has 1 saturated heterocycles. The number of carbonyl (C=O) groups is 2. The van der Waals surface area contributed by atoms with Crippen molar-refractivity contribution in [3.05, 3.63) is 72.6 Å². The van der Waals surface area contributed by atoms with Crippen LogP contribution in [-0.2, 0) is 22.7 Å². The lowest BCUT2D eigenvalue weighted by Gasteiger charge is -2.24. The van der Waals surface area contributed by atoms with Crippen LogP contribution in [0, 0.1) is 0 Å². The Hall–Kier alpha value is -3.42. The fourth-order valence-corrected chi connectivity index (χ4v) is 3.39. The lowest BCUT2D eigenvalue weighted by atomic mass is 9.99. The van der Waals surface area contributed by atoms with Gasteiger partial charge in [-0.15, -0.1) is 0 Å². The molecule has 28 heavy (non-hydrogen) atoms. The van der Waals surface area contributed by atoms with Gasteiger partial charge in [0.2, 0.25) is 11.8 Å². The van der Waals surface area contributed by atoms with Crippen molar-refractivity contribution in [1.29, 1.82) is 0 Å². The molecule has 1 aliphatic rings. The third kappa shape index (κ3) is 4.11. The van der Waals surface area contributed by atoms with E-state index in [-0.39, 0.29) is 37.4 Å². The molecule has 1 aliphatic heterocycles. The number of likely N-dealkylation sites (tertiary alicyclic amines) is 1. The van der Waals surface area contributed by atoms with Gasteiger partial charge in [0.1, 0.15) is 12.5 Å². The Morgan fingerprint density at radius 1 is 1.07 bits per heavy atom. The summed E-state index contributed by atoms with van der Waals surface area (Å²) in [6.45, 7) is 1.10. The van der Waals surface area contributed by atoms with Crippen molar-refractivity contribution in [2.75, 3.05) is 13.1 Å². The second-order valence-electron chi connectivity index (χ2n) is 6.80. The maximum atomic E-state index is 13.0. The van der Waals surface area contributed by atoms with E-state index >= 15 is 0 Å². The van der Waals surface area contributed by atoms with Crippen molar-refractivity contribution in [3.8, 4) is 0 Å². The molecule has 8 heteroatoms. The van der Waals surface area contributed by atoms with Crippen LogP contribution in [0.3, 0.4) is 0 Å². The molecular weight excluding hydrogens is 360 g/mol. The number of rotatable bonds is 7. The van der Waals surface area contributed by atoms with E-state index in [1.54, 1.807) is 9.80 Å². The molecule has 0 saturated carbocycles. The van der Waals surface area contributed by atoms with Gasteiger partial charge < -0.3 is 18.6 Å². The number of aromatic nitrogens is 2. The van der Waals surface area contributed by atoms with E-state index in [2.05, 4.69) is 9.97 Å². The number of amides is 2. The zero-order valence-electron chi connectivity index (χ0n) is 15.2. The average Bonchev–Trinajstić information content (AvgIpc) is 3.46. The molecule has 1 atom stereocenters. The molecule has 0 N–H and O–H groups in total. The quantitative estimate of drug-likeness (QED) is 0.624. The molecule has 0 bridgehead atoms. The number of hydrogen-bond donors (Lipinski definition) is 0. The van der Waals surface area contributed by atoms with Crippen LogP contribution in [0.4, 0.5) is 0 Å². The van der Waals surface area contributed by atoms with Crippen molar-refractivity contribution in [3.63, 3.8) is 0 Å². The van der Waals surface area contributed by atoms with Gasteiger partial charge in [0.05, 0.1) is 31.0 Å². The summed E-state index contributed by atoms with van der Waals surface area (Å²) in [7, 11) is 0. The molecule has 3 heterocycles. The first-order valence-corrected chi connectivity index (χ1v) is 9.03. The van der Waals surface area contributed by atoms with Crippen LogP contribution in [-0.4, -0.2) is 44.7 Å². The van der Waals surface area contributed by atoms with E-state index in [0.29, 0.717) is 24.4 Å². The third-order valence-electron chi connectivity index (χ3n) is 4.84.